The van der Waals surface area contributed by atoms with E-state index < -0.39 is 12.1 Å². The number of hydrogen-bond acceptors (Lipinski definition) is 5. The van der Waals surface area contributed by atoms with E-state index in [1.54, 1.807) is 19.9 Å². The predicted molar refractivity (Wildman–Crippen MR) is 79.0 cm³/mol. The van der Waals surface area contributed by atoms with Gasteiger partial charge in [-0.3, -0.25) is 4.79 Å². The summed E-state index contributed by atoms with van der Waals surface area (Å²) < 4.78 is 5.16. The van der Waals surface area contributed by atoms with Crippen molar-refractivity contribution in [2.45, 2.75) is 33.8 Å². The summed E-state index contributed by atoms with van der Waals surface area (Å²) in [6, 6.07) is 0. The van der Waals surface area contributed by atoms with Gasteiger partial charge in [-0.15, -0.1) is 11.3 Å². The summed E-state index contributed by atoms with van der Waals surface area (Å²) in [6.07, 6.45) is 2.32. The highest BCUT2D eigenvalue weighted by atomic mass is 32.1. The van der Waals surface area contributed by atoms with E-state index in [0.717, 1.165) is 10.4 Å². The molecule has 5 nitrogen and oxygen atoms in total. The van der Waals surface area contributed by atoms with E-state index in [2.05, 4.69) is 9.97 Å². The van der Waals surface area contributed by atoms with Crippen LogP contribution < -0.4 is 5.56 Å². The quantitative estimate of drug-likeness (QED) is 0.697. The Morgan fingerprint density at radius 2 is 2.15 bits per heavy atom. The number of nitrogens with one attached hydrogen (secondary N) is 1. The molecular weight excluding hydrogens is 276 g/mol. The van der Waals surface area contributed by atoms with Gasteiger partial charge in [0.15, 0.2) is 11.9 Å². The van der Waals surface area contributed by atoms with Crippen LogP contribution in [0, 0.1) is 13.8 Å². The van der Waals surface area contributed by atoms with Crippen molar-refractivity contribution >= 4 is 27.5 Å². The highest BCUT2D eigenvalue weighted by Gasteiger charge is 2.17. The van der Waals surface area contributed by atoms with Crippen LogP contribution in [0.1, 0.15) is 36.2 Å². The lowest BCUT2D eigenvalue weighted by molar-refractivity contribution is -0.142. The average molecular weight is 292 g/mol. The van der Waals surface area contributed by atoms with Crippen molar-refractivity contribution in [2.24, 2.45) is 0 Å². The average Bonchev–Trinajstić information content (AvgIpc) is 2.65. The fraction of sp³-hybridized carbons (Fsp3) is 0.357. The Morgan fingerprint density at radius 1 is 1.45 bits per heavy atom. The molecule has 0 bridgehead atoms. The first kappa shape index (κ1) is 14.5. The summed E-state index contributed by atoms with van der Waals surface area (Å²) in [4.78, 5) is 32.3. The Bertz CT molecular complexity index is 743. The van der Waals surface area contributed by atoms with Gasteiger partial charge in [-0.25, -0.2) is 9.78 Å². The number of thiophene rings is 1. The number of aromatic nitrogens is 2. The maximum absolute atomic E-state index is 12.1. The minimum Gasteiger partial charge on any atom is -0.451 e. The molecule has 0 aromatic carbocycles. The van der Waals surface area contributed by atoms with Crippen LogP contribution in [0.5, 0.6) is 0 Å². The lowest BCUT2D eigenvalue weighted by Crippen LogP contribution is -2.16. The highest BCUT2D eigenvalue weighted by Crippen LogP contribution is 2.26. The number of aromatic amines is 1. The molecule has 0 fully saturated rings. The fourth-order valence-corrected chi connectivity index (χ4v) is 2.91. The maximum Gasteiger partial charge on any atom is 0.331 e. The summed E-state index contributed by atoms with van der Waals surface area (Å²) in [5.74, 6) is -0.0945. The molecule has 0 amide bonds. The van der Waals surface area contributed by atoms with Gasteiger partial charge in [0.2, 0.25) is 0 Å². The van der Waals surface area contributed by atoms with E-state index in [0.29, 0.717) is 16.0 Å². The molecule has 0 saturated carbocycles. The summed E-state index contributed by atoms with van der Waals surface area (Å²) >= 11 is 1.47. The number of ether oxygens (including phenoxy) is 1. The van der Waals surface area contributed by atoms with Crippen molar-refractivity contribution in [3.05, 3.63) is 38.8 Å². The summed E-state index contributed by atoms with van der Waals surface area (Å²) in [6.45, 7) is 7.27. The molecule has 106 valence electrons. The van der Waals surface area contributed by atoms with Crippen molar-refractivity contribution in [1.29, 1.82) is 0 Å². The van der Waals surface area contributed by atoms with E-state index in [-0.39, 0.29) is 5.56 Å². The van der Waals surface area contributed by atoms with Crippen molar-refractivity contribution in [3.63, 3.8) is 0 Å². The van der Waals surface area contributed by atoms with Crippen molar-refractivity contribution in [1.82, 2.24) is 9.97 Å². The maximum atomic E-state index is 12.1. The number of fused-ring (bicyclic) bond motifs is 1. The van der Waals surface area contributed by atoms with Crippen LogP contribution in [0.15, 0.2) is 16.9 Å². The molecule has 0 aliphatic heterocycles. The van der Waals surface area contributed by atoms with Gasteiger partial charge in [0.1, 0.15) is 4.83 Å². The van der Waals surface area contributed by atoms with E-state index in [4.69, 9.17) is 4.74 Å². The normalized spacial score (nSPS) is 13.0. The Morgan fingerprint density at radius 3 is 2.80 bits per heavy atom. The number of aryl methyl sites for hydroxylation is 2. The van der Waals surface area contributed by atoms with E-state index in [1.165, 1.54) is 17.4 Å². The molecule has 2 aromatic heterocycles. The van der Waals surface area contributed by atoms with Crippen LogP contribution in [-0.4, -0.2) is 15.9 Å². The Labute approximate surface area is 120 Å². The first-order chi connectivity index (χ1) is 9.43. The number of esters is 1. The molecule has 0 spiro atoms. The van der Waals surface area contributed by atoms with Gasteiger partial charge >= 0.3 is 5.97 Å². The number of carbonyl (C=O) groups is 1. The third kappa shape index (κ3) is 2.65. The zero-order valence-electron chi connectivity index (χ0n) is 11.8. The van der Waals surface area contributed by atoms with Crippen LogP contribution in [0.3, 0.4) is 0 Å². The lowest BCUT2D eigenvalue weighted by Gasteiger charge is -2.10. The predicted octanol–water partition coefficient (Wildman–Crippen LogP) is 2.78. The van der Waals surface area contributed by atoms with Crippen LogP contribution >= 0.6 is 11.3 Å². The molecule has 6 heteroatoms. The van der Waals surface area contributed by atoms with Crippen LogP contribution in [0.2, 0.25) is 0 Å². The molecule has 0 saturated heterocycles. The highest BCUT2D eigenvalue weighted by molar-refractivity contribution is 7.18. The topological polar surface area (TPSA) is 72.0 Å². The summed E-state index contributed by atoms with van der Waals surface area (Å²) in [5, 5.41) is 0.614. The molecule has 1 atom stereocenters. The number of H-pyrrole nitrogens is 1. The van der Waals surface area contributed by atoms with E-state index in [1.807, 2.05) is 13.8 Å². The number of allylic oxidation sites excluding steroid dienone is 1. The molecule has 0 unspecified atom stereocenters. The van der Waals surface area contributed by atoms with Crippen molar-refractivity contribution < 1.29 is 9.53 Å². The summed E-state index contributed by atoms with van der Waals surface area (Å²) in [7, 11) is 0. The molecular formula is C14H16N2O3S. The van der Waals surface area contributed by atoms with Crippen LogP contribution in [0.25, 0.3) is 10.2 Å². The van der Waals surface area contributed by atoms with Gasteiger partial charge in [-0.2, -0.15) is 0 Å². The second kappa shape index (κ2) is 5.58. The largest absolute Gasteiger partial charge is 0.451 e. The van der Waals surface area contributed by atoms with E-state index >= 15 is 0 Å². The zero-order chi connectivity index (χ0) is 14.9. The van der Waals surface area contributed by atoms with Gasteiger partial charge in [-0.1, -0.05) is 6.08 Å². The monoisotopic (exact) mass is 292 g/mol. The molecule has 2 aromatic rings. The Kier molecular flexibility index (Phi) is 4.04. The molecule has 1 N–H and O–H groups in total. The minimum atomic E-state index is -0.599. The third-order valence-corrected chi connectivity index (χ3v) is 4.14. The number of hydrogen-bond donors (Lipinski definition) is 1. The second-order valence-electron chi connectivity index (χ2n) is 4.49. The number of carbonyl (C=O) groups excluding carboxylic acids is 1. The number of nitrogens with zero attached hydrogens (tertiary/aromatic N) is 1. The van der Waals surface area contributed by atoms with Crippen molar-refractivity contribution in [2.75, 3.05) is 0 Å². The van der Waals surface area contributed by atoms with E-state index in [9.17, 15) is 9.59 Å². The molecule has 2 heterocycles. The van der Waals surface area contributed by atoms with Gasteiger partial charge < -0.3 is 9.72 Å². The molecule has 20 heavy (non-hydrogen) atoms. The van der Waals surface area contributed by atoms with Gasteiger partial charge in [0.05, 0.1) is 5.39 Å². The number of rotatable bonds is 3. The van der Waals surface area contributed by atoms with Crippen molar-refractivity contribution in [3.8, 4) is 0 Å². The lowest BCUT2D eigenvalue weighted by atomic mass is 10.2. The molecule has 0 radical (unpaired) electrons. The standard InChI is InChI=1S/C14H16N2O3S/c1-5-6-10(17)19-8(3)12-15-13(18)11-7(2)9(4)20-14(11)16-12/h5-6,8H,1-4H3,(H,15,16,18)/b6-5+/t8-/m1/s1. The smallest absolute Gasteiger partial charge is 0.331 e. The van der Waals surface area contributed by atoms with Gasteiger partial charge in [0.25, 0.3) is 5.56 Å². The molecule has 2 rings (SSSR count). The second-order valence-corrected chi connectivity index (χ2v) is 5.70. The first-order valence-corrected chi connectivity index (χ1v) is 7.09. The molecule has 0 aliphatic carbocycles. The minimum absolute atomic E-state index is 0.194. The SMILES string of the molecule is C/C=C/C(=O)O[C@H](C)c1nc2sc(C)c(C)c2c(=O)[nH]1. The Balaban J connectivity index is 2.41. The molecule has 0 aliphatic rings. The zero-order valence-corrected chi connectivity index (χ0v) is 12.6. The van der Waals surface area contributed by atoms with Crippen LogP contribution in [-0.2, 0) is 9.53 Å². The third-order valence-electron chi connectivity index (χ3n) is 3.04. The first-order valence-electron chi connectivity index (χ1n) is 6.27. The summed E-state index contributed by atoms with van der Waals surface area (Å²) in [5.41, 5.74) is 0.754. The van der Waals surface area contributed by atoms with Crippen LogP contribution in [0.4, 0.5) is 0 Å². The fourth-order valence-electron chi connectivity index (χ4n) is 1.87. The Hall–Kier alpha value is -1.95. The van der Waals surface area contributed by atoms with Gasteiger partial charge in [0, 0.05) is 11.0 Å². The van der Waals surface area contributed by atoms with Gasteiger partial charge in [-0.05, 0) is 33.3 Å².